The number of hydrogen-bond acceptors (Lipinski definition) is 8. The Morgan fingerprint density at radius 2 is 1.79 bits per heavy atom. The number of likely N-dealkylation sites (tertiary alicyclic amines) is 1. The van der Waals surface area contributed by atoms with Crippen LogP contribution in [0.15, 0.2) is 35.3 Å². The van der Waals surface area contributed by atoms with E-state index in [-0.39, 0.29) is 25.2 Å². The number of alkyl carbamates (subject to hydrolysis) is 1. The van der Waals surface area contributed by atoms with Gasteiger partial charge in [0.2, 0.25) is 5.91 Å². The highest BCUT2D eigenvalue weighted by Gasteiger charge is 2.42. The predicted octanol–water partition coefficient (Wildman–Crippen LogP) is 3.65. The standard InChI is InChI=1S/C31H47N5O6/c1-22-26(23-13-7-5-8-14-23)41-29(32-22)35-19-20-36(25(21-35)28(38)39)27(37)24(33-30(40)42-31(2,3)4)15-9-12-18-34-16-10-6-11-17-34/h5,7-8,13-14,22,24-26H,6,9-12,15-21H2,1-4H3,(H,33,40)(H,38,39)/t22-,24+,25-,26+/m0/s1. The maximum Gasteiger partial charge on any atom is 0.408 e. The van der Waals surface area contributed by atoms with Crippen molar-refractivity contribution in [1.29, 1.82) is 0 Å². The van der Waals surface area contributed by atoms with Crippen molar-refractivity contribution in [3.8, 4) is 0 Å². The van der Waals surface area contributed by atoms with Gasteiger partial charge in [0, 0.05) is 13.1 Å². The number of carboxylic acids is 1. The van der Waals surface area contributed by atoms with Gasteiger partial charge in [0.05, 0.1) is 12.6 Å². The predicted molar refractivity (Wildman–Crippen MR) is 159 cm³/mol. The Kier molecular flexibility index (Phi) is 10.7. The van der Waals surface area contributed by atoms with Crippen molar-refractivity contribution >= 4 is 24.0 Å². The smallest absolute Gasteiger partial charge is 0.408 e. The fourth-order valence-electron chi connectivity index (χ4n) is 5.84. The second-order valence-corrected chi connectivity index (χ2v) is 12.5. The summed E-state index contributed by atoms with van der Waals surface area (Å²) in [5, 5.41) is 12.9. The topological polar surface area (TPSA) is 124 Å². The lowest BCUT2D eigenvalue weighted by Gasteiger charge is -2.41. The molecule has 3 heterocycles. The Balaban J connectivity index is 1.40. The van der Waals surface area contributed by atoms with E-state index in [4.69, 9.17) is 9.47 Å². The number of nitrogens with one attached hydrogen (secondary N) is 1. The van der Waals surface area contributed by atoms with E-state index in [0.29, 0.717) is 19.0 Å². The summed E-state index contributed by atoms with van der Waals surface area (Å²) in [4.78, 5) is 49.2. The van der Waals surface area contributed by atoms with Gasteiger partial charge in [0.25, 0.3) is 6.02 Å². The number of hydrogen-bond donors (Lipinski definition) is 2. The summed E-state index contributed by atoms with van der Waals surface area (Å²) in [7, 11) is 0. The zero-order valence-electron chi connectivity index (χ0n) is 25.5. The summed E-state index contributed by atoms with van der Waals surface area (Å²) >= 11 is 0. The van der Waals surface area contributed by atoms with Gasteiger partial charge in [-0.2, -0.15) is 0 Å². The lowest BCUT2D eigenvalue weighted by molar-refractivity contribution is -0.154. The van der Waals surface area contributed by atoms with Gasteiger partial charge in [-0.25, -0.2) is 14.6 Å². The van der Waals surface area contributed by atoms with Crippen molar-refractivity contribution in [3.05, 3.63) is 35.9 Å². The molecule has 4 rings (SSSR count). The number of unbranched alkanes of at least 4 members (excludes halogenated alkanes) is 1. The van der Waals surface area contributed by atoms with E-state index < -0.39 is 35.7 Å². The molecule has 1 aromatic rings. The molecule has 11 nitrogen and oxygen atoms in total. The molecule has 0 bridgehead atoms. The number of amidine groups is 1. The van der Waals surface area contributed by atoms with Crippen molar-refractivity contribution in [2.45, 2.75) is 96.1 Å². The van der Waals surface area contributed by atoms with Crippen LogP contribution in [0.4, 0.5) is 4.79 Å². The van der Waals surface area contributed by atoms with E-state index >= 15 is 0 Å². The zero-order chi connectivity index (χ0) is 30.3. The maximum absolute atomic E-state index is 13.8. The number of aliphatic carboxylic acids is 1. The summed E-state index contributed by atoms with van der Waals surface area (Å²) in [6.07, 6.45) is 4.80. The number of nitrogens with zero attached hydrogens (tertiary/aromatic N) is 4. The molecule has 2 amide bonds. The van der Waals surface area contributed by atoms with Gasteiger partial charge in [-0.05, 0) is 85.0 Å². The van der Waals surface area contributed by atoms with Gasteiger partial charge in [-0.15, -0.1) is 0 Å². The quantitative estimate of drug-likeness (QED) is 0.421. The van der Waals surface area contributed by atoms with Crippen LogP contribution in [0.25, 0.3) is 0 Å². The molecule has 4 atom stereocenters. The van der Waals surface area contributed by atoms with E-state index in [1.165, 1.54) is 24.2 Å². The number of rotatable bonds is 9. The van der Waals surface area contributed by atoms with Gasteiger partial charge < -0.3 is 34.6 Å². The number of benzene rings is 1. The number of ether oxygens (including phenoxy) is 2. The fourth-order valence-corrected chi connectivity index (χ4v) is 5.84. The van der Waals surface area contributed by atoms with E-state index in [2.05, 4.69) is 15.2 Å². The van der Waals surface area contributed by atoms with Crippen LogP contribution < -0.4 is 5.32 Å². The van der Waals surface area contributed by atoms with Gasteiger partial charge in [0.1, 0.15) is 23.8 Å². The summed E-state index contributed by atoms with van der Waals surface area (Å²) in [6, 6.07) is 8.10. The number of amides is 2. The first kappa shape index (κ1) is 31.6. The van der Waals surface area contributed by atoms with Crippen LogP contribution in [-0.2, 0) is 19.1 Å². The van der Waals surface area contributed by atoms with Crippen LogP contribution in [0, 0.1) is 0 Å². The number of piperidine rings is 1. The van der Waals surface area contributed by atoms with Crippen LogP contribution in [-0.4, -0.2) is 107 Å². The molecule has 3 aliphatic heterocycles. The minimum Gasteiger partial charge on any atom is -0.480 e. The summed E-state index contributed by atoms with van der Waals surface area (Å²) in [5.41, 5.74) is 0.279. The van der Waals surface area contributed by atoms with Gasteiger partial charge in [-0.3, -0.25) is 4.79 Å². The first-order valence-electron chi connectivity index (χ1n) is 15.3. The second-order valence-electron chi connectivity index (χ2n) is 12.5. The van der Waals surface area contributed by atoms with E-state index in [1.54, 1.807) is 25.7 Å². The lowest BCUT2D eigenvalue weighted by Crippen LogP contribution is -2.62. The van der Waals surface area contributed by atoms with Crippen LogP contribution >= 0.6 is 0 Å². The van der Waals surface area contributed by atoms with E-state index in [0.717, 1.165) is 38.0 Å². The summed E-state index contributed by atoms with van der Waals surface area (Å²) in [6.45, 7) is 11.0. The molecule has 0 unspecified atom stereocenters. The monoisotopic (exact) mass is 585 g/mol. The fraction of sp³-hybridized carbons (Fsp3) is 0.677. The molecule has 3 aliphatic rings. The molecule has 0 aromatic heterocycles. The zero-order valence-corrected chi connectivity index (χ0v) is 25.5. The van der Waals surface area contributed by atoms with E-state index in [9.17, 15) is 19.5 Å². The average molecular weight is 586 g/mol. The first-order chi connectivity index (χ1) is 20.0. The molecule has 2 fully saturated rings. The minimum absolute atomic E-state index is 0.0439. The molecule has 0 aliphatic carbocycles. The van der Waals surface area contributed by atoms with Crippen molar-refractivity contribution < 1.29 is 29.0 Å². The van der Waals surface area contributed by atoms with Crippen LogP contribution in [0.5, 0.6) is 0 Å². The van der Waals surface area contributed by atoms with Gasteiger partial charge in [0.15, 0.2) is 0 Å². The number of carbonyl (C=O) groups is 3. The molecule has 0 radical (unpaired) electrons. The molecule has 42 heavy (non-hydrogen) atoms. The Labute approximate surface area is 249 Å². The maximum atomic E-state index is 13.8. The Hall–Kier alpha value is -3.34. The van der Waals surface area contributed by atoms with Crippen molar-refractivity contribution in [3.63, 3.8) is 0 Å². The van der Waals surface area contributed by atoms with Gasteiger partial charge >= 0.3 is 12.1 Å². The number of carbonyl (C=O) groups excluding carboxylic acids is 2. The average Bonchev–Trinajstić information content (AvgIpc) is 3.35. The SMILES string of the molecule is C[C@@H]1N=C(N2CCN(C(=O)[C@@H](CCCCN3CCCCC3)NC(=O)OC(C)(C)C)[C@H](C(=O)O)C2)O[C@H]1c1ccccc1. The molecule has 2 N–H and O–H groups in total. The third-order valence-electron chi connectivity index (χ3n) is 7.99. The number of aliphatic imine (C=N–C) groups is 1. The summed E-state index contributed by atoms with van der Waals surface area (Å²) < 4.78 is 11.6. The number of carboxylic acid groups (broad SMARTS) is 1. The molecule has 1 aromatic carbocycles. The molecule has 11 heteroatoms. The Bertz CT molecular complexity index is 1100. The van der Waals surface area contributed by atoms with Crippen LogP contribution in [0.2, 0.25) is 0 Å². The molecule has 232 valence electrons. The Morgan fingerprint density at radius 1 is 1.07 bits per heavy atom. The summed E-state index contributed by atoms with van der Waals surface area (Å²) in [5.74, 6) is -1.52. The lowest BCUT2D eigenvalue weighted by atomic mass is 10.0. The van der Waals surface area contributed by atoms with Crippen molar-refractivity contribution in [2.24, 2.45) is 4.99 Å². The number of piperazine rings is 1. The largest absolute Gasteiger partial charge is 0.480 e. The highest BCUT2D eigenvalue weighted by molar-refractivity contribution is 5.90. The molecule has 0 spiro atoms. The van der Waals surface area contributed by atoms with Crippen molar-refractivity contribution in [1.82, 2.24) is 20.0 Å². The van der Waals surface area contributed by atoms with Gasteiger partial charge in [-0.1, -0.05) is 36.8 Å². The molecular weight excluding hydrogens is 538 g/mol. The Morgan fingerprint density at radius 3 is 2.45 bits per heavy atom. The van der Waals surface area contributed by atoms with Crippen LogP contribution in [0.1, 0.15) is 77.9 Å². The third kappa shape index (κ3) is 8.59. The molecule has 0 saturated carbocycles. The molecular formula is C31H47N5O6. The first-order valence-corrected chi connectivity index (χ1v) is 15.3. The van der Waals surface area contributed by atoms with Crippen molar-refractivity contribution in [2.75, 3.05) is 39.3 Å². The minimum atomic E-state index is -1.11. The van der Waals surface area contributed by atoms with E-state index in [1.807, 2.05) is 37.3 Å². The third-order valence-corrected chi connectivity index (χ3v) is 7.99. The highest BCUT2D eigenvalue weighted by atomic mass is 16.6. The normalized spacial score (nSPS) is 24.0. The molecule has 2 saturated heterocycles. The highest BCUT2D eigenvalue weighted by Crippen LogP contribution is 2.30. The second kappa shape index (κ2) is 14.2. The van der Waals surface area contributed by atoms with Crippen LogP contribution in [0.3, 0.4) is 0 Å².